The highest BCUT2D eigenvalue weighted by Crippen LogP contribution is 2.33. The fourth-order valence-corrected chi connectivity index (χ4v) is 3.95. The number of carbonyl (C=O) groups is 2. The molecule has 1 aromatic heterocycles. The first kappa shape index (κ1) is 19.4. The zero-order chi connectivity index (χ0) is 20.3. The van der Waals surface area contributed by atoms with Crippen LogP contribution < -0.4 is 9.64 Å². The zero-order valence-electron chi connectivity index (χ0n) is 16.5. The molecular weight excluding hydrogens is 370 g/mol. The van der Waals surface area contributed by atoms with E-state index in [4.69, 9.17) is 9.47 Å². The molecule has 7 nitrogen and oxygen atoms in total. The molecule has 4 rings (SSSR count). The van der Waals surface area contributed by atoms with Gasteiger partial charge in [-0.2, -0.15) is 0 Å². The standard InChI is InChI=1S/C22H25N3O4/c1-2-28-20-18(9-6-12-23-20)21(27)24-13-10-22(11-14-24)16-25(19(26)15-29-22)17-7-4-3-5-8-17/h3-9,12H,2,10-11,13-16H2,1H3. The lowest BCUT2D eigenvalue weighted by Gasteiger charge is -2.47. The van der Waals surface area contributed by atoms with Crippen molar-refractivity contribution in [1.82, 2.24) is 9.88 Å². The van der Waals surface area contributed by atoms with Crippen LogP contribution in [0, 0.1) is 0 Å². The van der Waals surface area contributed by atoms with Gasteiger partial charge in [-0.25, -0.2) is 4.98 Å². The van der Waals surface area contributed by atoms with Crippen LogP contribution in [0.3, 0.4) is 0 Å². The number of para-hydroxylation sites is 1. The molecule has 0 bridgehead atoms. The SMILES string of the molecule is CCOc1ncccc1C(=O)N1CCC2(CC1)CN(c1ccccc1)C(=O)CO2. The van der Waals surface area contributed by atoms with E-state index in [1.165, 1.54) is 0 Å². The fourth-order valence-electron chi connectivity index (χ4n) is 3.95. The van der Waals surface area contributed by atoms with Crippen molar-refractivity contribution in [3.8, 4) is 5.88 Å². The van der Waals surface area contributed by atoms with Crippen LogP contribution in [0.15, 0.2) is 48.7 Å². The van der Waals surface area contributed by atoms with Gasteiger partial charge in [0, 0.05) is 25.0 Å². The zero-order valence-corrected chi connectivity index (χ0v) is 16.5. The Morgan fingerprint density at radius 3 is 2.66 bits per heavy atom. The number of likely N-dealkylation sites (tertiary alicyclic amines) is 1. The predicted octanol–water partition coefficient (Wildman–Crippen LogP) is 2.52. The van der Waals surface area contributed by atoms with Crippen molar-refractivity contribution in [1.29, 1.82) is 0 Å². The third-order valence-electron chi connectivity index (χ3n) is 5.56. The Bertz CT molecular complexity index is 879. The molecule has 2 aromatic rings. The molecule has 2 aliphatic rings. The van der Waals surface area contributed by atoms with E-state index in [-0.39, 0.29) is 18.4 Å². The van der Waals surface area contributed by atoms with Gasteiger partial charge in [0.1, 0.15) is 12.2 Å². The van der Waals surface area contributed by atoms with Gasteiger partial charge in [0.2, 0.25) is 5.88 Å². The first-order valence-corrected chi connectivity index (χ1v) is 9.98. The highest BCUT2D eigenvalue weighted by atomic mass is 16.5. The summed E-state index contributed by atoms with van der Waals surface area (Å²) >= 11 is 0. The normalized spacial score (nSPS) is 18.7. The van der Waals surface area contributed by atoms with Gasteiger partial charge in [-0.3, -0.25) is 9.59 Å². The van der Waals surface area contributed by atoms with Crippen molar-refractivity contribution in [2.24, 2.45) is 0 Å². The van der Waals surface area contributed by atoms with E-state index in [1.807, 2.05) is 42.2 Å². The molecule has 152 valence electrons. The number of morpholine rings is 1. The maximum Gasteiger partial charge on any atom is 0.259 e. The molecular formula is C22H25N3O4. The maximum atomic E-state index is 13.0. The first-order valence-electron chi connectivity index (χ1n) is 9.98. The third-order valence-corrected chi connectivity index (χ3v) is 5.56. The van der Waals surface area contributed by atoms with Gasteiger partial charge in [0.05, 0.1) is 18.8 Å². The van der Waals surface area contributed by atoms with Gasteiger partial charge in [0.25, 0.3) is 11.8 Å². The average molecular weight is 395 g/mol. The summed E-state index contributed by atoms with van der Waals surface area (Å²) in [6.07, 6.45) is 2.98. The van der Waals surface area contributed by atoms with Crippen LogP contribution >= 0.6 is 0 Å². The Labute approximate surface area is 170 Å². The topological polar surface area (TPSA) is 72.0 Å². The molecule has 0 atom stereocenters. The molecule has 29 heavy (non-hydrogen) atoms. The van der Waals surface area contributed by atoms with E-state index >= 15 is 0 Å². The minimum absolute atomic E-state index is 0.0305. The van der Waals surface area contributed by atoms with Gasteiger partial charge in [0.15, 0.2) is 0 Å². The predicted molar refractivity (Wildman–Crippen MR) is 108 cm³/mol. The summed E-state index contributed by atoms with van der Waals surface area (Å²) in [5, 5.41) is 0. The lowest BCUT2D eigenvalue weighted by Crippen LogP contribution is -2.59. The van der Waals surface area contributed by atoms with Gasteiger partial charge in [-0.1, -0.05) is 18.2 Å². The Morgan fingerprint density at radius 2 is 1.93 bits per heavy atom. The molecule has 2 fully saturated rings. The molecule has 2 saturated heterocycles. The number of aromatic nitrogens is 1. The lowest BCUT2D eigenvalue weighted by molar-refractivity contribution is -0.143. The van der Waals surface area contributed by atoms with E-state index in [2.05, 4.69) is 4.98 Å². The van der Waals surface area contributed by atoms with Crippen molar-refractivity contribution in [3.63, 3.8) is 0 Å². The van der Waals surface area contributed by atoms with Crippen LogP contribution in [0.25, 0.3) is 0 Å². The number of amides is 2. The first-order chi connectivity index (χ1) is 14.1. The molecule has 2 amide bonds. The van der Waals surface area contributed by atoms with Gasteiger partial charge in [-0.05, 0) is 44.0 Å². The molecule has 1 aromatic carbocycles. The van der Waals surface area contributed by atoms with E-state index in [0.29, 0.717) is 50.5 Å². The minimum Gasteiger partial charge on any atom is -0.477 e. The van der Waals surface area contributed by atoms with Gasteiger partial charge in [-0.15, -0.1) is 0 Å². The Kier molecular flexibility index (Phi) is 5.49. The molecule has 0 N–H and O–H groups in total. The molecule has 3 heterocycles. The van der Waals surface area contributed by atoms with E-state index < -0.39 is 5.60 Å². The fraction of sp³-hybridized carbons (Fsp3) is 0.409. The van der Waals surface area contributed by atoms with E-state index in [9.17, 15) is 9.59 Å². The number of hydrogen-bond donors (Lipinski definition) is 0. The minimum atomic E-state index is -0.418. The number of anilines is 1. The second kappa shape index (κ2) is 8.21. The van der Waals surface area contributed by atoms with Crippen LogP contribution in [0.2, 0.25) is 0 Å². The third kappa shape index (κ3) is 3.96. The summed E-state index contributed by atoms with van der Waals surface area (Å²) in [4.78, 5) is 33.2. The Hall–Kier alpha value is -2.93. The van der Waals surface area contributed by atoms with E-state index in [1.54, 1.807) is 23.2 Å². The number of ether oxygens (including phenoxy) is 2. The second-order valence-corrected chi connectivity index (χ2v) is 7.37. The molecule has 1 spiro atoms. The van der Waals surface area contributed by atoms with E-state index in [0.717, 1.165) is 5.69 Å². The smallest absolute Gasteiger partial charge is 0.259 e. The summed E-state index contributed by atoms with van der Waals surface area (Å²) in [5.74, 6) is 0.260. The number of carbonyl (C=O) groups excluding carboxylic acids is 2. The molecule has 7 heteroatoms. The van der Waals surface area contributed by atoms with Gasteiger partial charge >= 0.3 is 0 Å². The molecule has 0 aliphatic carbocycles. The number of pyridine rings is 1. The van der Waals surface area contributed by atoms with Crippen LogP contribution in [-0.4, -0.2) is 60.1 Å². The number of hydrogen-bond acceptors (Lipinski definition) is 5. The molecule has 0 saturated carbocycles. The highest BCUT2D eigenvalue weighted by Gasteiger charge is 2.43. The maximum absolute atomic E-state index is 13.0. The number of nitrogens with zero attached hydrogens (tertiary/aromatic N) is 3. The summed E-state index contributed by atoms with van der Waals surface area (Å²) < 4.78 is 11.5. The van der Waals surface area contributed by atoms with Crippen molar-refractivity contribution in [2.45, 2.75) is 25.4 Å². The quantitative estimate of drug-likeness (QED) is 0.796. The number of piperidine rings is 1. The number of rotatable bonds is 4. The highest BCUT2D eigenvalue weighted by molar-refractivity contribution is 5.97. The summed E-state index contributed by atoms with van der Waals surface area (Å²) in [6, 6.07) is 13.2. The van der Waals surface area contributed by atoms with Crippen molar-refractivity contribution < 1.29 is 19.1 Å². The molecule has 0 radical (unpaired) electrons. The molecule has 2 aliphatic heterocycles. The average Bonchev–Trinajstić information content (AvgIpc) is 2.77. The monoisotopic (exact) mass is 395 g/mol. The van der Waals surface area contributed by atoms with Crippen molar-refractivity contribution in [3.05, 3.63) is 54.2 Å². The van der Waals surface area contributed by atoms with Crippen LogP contribution in [0.1, 0.15) is 30.1 Å². The lowest BCUT2D eigenvalue weighted by atomic mass is 9.88. The summed E-state index contributed by atoms with van der Waals surface area (Å²) in [7, 11) is 0. The van der Waals surface area contributed by atoms with Crippen molar-refractivity contribution in [2.75, 3.05) is 37.7 Å². The second-order valence-electron chi connectivity index (χ2n) is 7.37. The summed E-state index contributed by atoms with van der Waals surface area (Å²) in [5.41, 5.74) is 0.949. The van der Waals surface area contributed by atoms with Crippen LogP contribution in [-0.2, 0) is 9.53 Å². The molecule has 0 unspecified atom stereocenters. The largest absolute Gasteiger partial charge is 0.477 e. The van der Waals surface area contributed by atoms with Crippen molar-refractivity contribution >= 4 is 17.5 Å². The summed E-state index contributed by atoms with van der Waals surface area (Å²) in [6.45, 7) is 4.03. The van der Waals surface area contributed by atoms with Crippen LogP contribution in [0.4, 0.5) is 5.69 Å². The Morgan fingerprint density at radius 1 is 1.17 bits per heavy atom. The Balaban J connectivity index is 1.45. The van der Waals surface area contributed by atoms with Crippen LogP contribution in [0.5, 0.6) is 5.88 Å². The van der Waals surface area contributed by atoms with Gasteiger partial charge < -0.3 is 19.3 Å². The number of benzene rings is 1.